The zero-order valence-electron chi connectivity index (χ0n) is 2.96. The molecule has 0 fully saturated rings. The molecule has 3 N–H and O–H groups in total. The first-order chi connectivity index (χ1) is 2.77. The molecule has 1 unspecified atom stereocenters. The number of aliphatic hydroxyl groups excluding tert-OH is 1. The Balaban J connectivity index is 3.49. The van der Waals surface area contributed by atoms with Crippen molar-refractivity contribution in [2.45, 2.75) is 6.23 Å². The molecule has 0 aromatic carbocycles. The maximum absolute atomic E-state index is 9.36. The third kappa shape index (κ3) is 3.93. The second-order valence-corrected chi connectivity index (χ2v) is 1.11. The predicted octanol–water partition coefficient (Wildman–Crippen LogP) is -0.486. The summed E-state index contributed by atoms with van der Waals surface area (Å²) in [7, 11) is -0.351. The molecule has 6 heavy (non-hydrogen) atoms. The van der Waals surface area contributed by atoms with Crippen molar-refractivity contribution in [3.63, 3.8) is 0 Å². The van der Waals surface area contributed by atoms with Crippen LogP contribution in [0.4, 0.5) is 0 Å². The van der Waals surface area contributed by atoms with Crippen LogP contribution in [0, 0.1) is 5.63 Å². The number of aliphatic hydroxyl groups is 1. The molecule has 34 valence electrons. The van der Waals surface area contributed by atoms with Crippen molar-refractivity contribution in [3.05, 3.63) is 0 Å². The second-order valence-electron chi connectivity index (χ2n) is 0.665. The molecule has 0 aliphatic carbocycles. The van der Waals surface area contributed by atoms with Crippen LogP contribution >= 0.6 is 7.92 Å². The van der Waals surface area contributed by atoms with Crippen LogP contribution in [0.1, 0.15) is 0 Å². The molecule has 0 radical (unpaired) electrons. The van der Waals surface area contributed by atoms with Crippen molar-refractivity contribution in [2.75, 3.05) is 0 Å². The van der Waals surface area contributed by atoms with Crippen LogP contribution in [0.2, 0.25) is 0 Å². The first kappa shape index (κ1) is 5.93. The molecule has 0 aliphatic heterocycles. The number of hydrogen-bond donors (Lipinski definition) is 2. The zero-order valence-corrected chi connectivity index (χ0v) is 3.85. The van der Waals surface area contributed by atoms with Gasteiger partial charge < -0.3 is 0 Å². The molecule has 0 bridgehead atoms. The minimum absolute atomic E-state index is 0.351. The van der Waals surface area contributed by atoms with E-state index in [1.54, 1.807) is 0 Å². The van der Waals surface area contributed by atoms with Crippen molar-refractivity contribution >= 4 is 7.92 Å². The normalized spacial score (nSPS) is 12.3. The quantitative estimate of drug-likeness (QED) is 0.323. The summed E-state index contributed by atoms with van der Waals surface area (Å²) in [6.07, 6.45) is -1.18. The van der Waals surface area contributed by atoms with Gasteiger partial charge in [0.15, 0.2) is 0 Å². The van der Waals surface area contributed by atoms with Crippen LogP contribution < -0.4 is 5.73 Å². The third-order valence-corrected chi connectivity index (χ3v) is 0.555. The molecule has 0 rings (SSSR count). The van der Waals surface area contributed by atoms with Crippen molar-refractivity contribution in [1.29, 1.82) is 0 Å². The summed E-state index contributed by atoms with van der Waals surface area (Å²) in [4.78, 5) is 0. The summed E-state index contributed by atoms with van der Waals surface area (Å²) in [5, 5.41) is 8.01. The molecule has 0 aromatic heterocycles. The second kappa shape index (κ2) is 3.13. The summed E-state index contributed by atoms with van der Waals surface area (Å²) < 4.78 is 9.36. The molecule has 0 aromatic rings. The Morgan fingerprint density at radius 1 is 2.00 bits per heavy atom. The van der Waals surface area contributed by atoms with Gasteiger partial charge in [-0.3, -0.25) is 0 Å². The molecule has 0 amide bonds. The average Bonchev–Trinajstić information content (AvgIpc) is 1.35. The van der Waals surface area contributed by atoms with Crippen LogP contribution in [0.3, 0.4) is 0 Å². The topological polar surface area (TPSA) is 63.3 Å². The van der Waals surface area contributed by atoms with Crippen LogP contribution in [0.15, 0.2) is 0 Å². The Morgan fingerprint density at radius 2 is 2.50 bits per heavy atom. The average molecular weight is 105 g/mol. The molecule has 0 aliphatic rings. The Hall–Kier alpha value is -0.0700. The molecule has 0 heterocycles. The predicted molar refractivity (Wildman–Crippen MR) is 21.7 cm³/mol. The SMILES string of the molecule is NC(O)C#P=O. The van der Waals surface area contributed by atoms with E-state index in [1.807, 2.05) is 5.63 Å². The van der Waals surface area contributed by atoms with E-state index < -0.39 is 6.23 Å². The summed E-state index contributed by atoms with van der Waals surface area (Å²) in [6.45, 7) is 0. The van der Waals surface area contributed by atoms with Crippen molar-refractivity contribution in [1.82, 2.24) is 0 Å². The van der Waals surface area contributed by atoms with Gasteiger partial charge in [0.05, 0.1) is 0 Å². The van der Waals surface area contributed by atoms with Gasteiger partial charge in [-0.1, -0.05) is 0 Å². The van der Waals surface area contributed by atoms with E-state index in [2.05, 4.69) is 5.73 Å². The molecule has 0 spiro atoms. The van der Waals surface area contributed by atoms with Crippen LogP contribution in [-0.2, 0) is 4.57 Å². The van der Waals surface area contributed by atoms with Gasteiger partial charge in [-0.25, -0.2) is 0 Å². The van der Waals surface area contributed by atoms with Crippen LogP contribution in [-0.4, -0.2) is 11.3 Å². The summed E-state index contributed by atoms with van der Waals surface area (Å²) in [5.41, 5.74) is 6.60. The van der Waals surface area contributed by atoms with Gasteiger partial charge in [-0.2, -0.15) is 0 Å². The zero-order chi connectivity index (χ0) is 4.99. The third-order valence-electron chi connectivity index (χ3n) is 0.185. The Morgan fingerprint density at radius 3 is 2.50 bits per heavy atom. The van der Waals surface area contributed by atoms with E-state index >= 15 is 0 Å². The fourth-order valence-electron chi connectivity index (χ4n) is 0.0540. The van der Waals surface area contributed by atoms with Crippen LogP contribution in [0.5, 0.6) is 0 Å². The van der Waals surface area contributed by atoms with E-state index in [4.69, 9.17) is 5.11 Å². The minimum atomic E-state index is -1.18. The van der Waals surface area contributed by atoms with Crippen molar-refractivity contribution < 1.29 is 9.67 Å². The molecule has 3 nitrogen and oxygen atoms in total. The van der Waals surface area contributed by atoms with Gasteiger partial charge in [0.2, 0.25) is 0 Å². The monoisotopic (exact) mass is 105 g/mol. The van der Waals surface area contributed by atoms with Gasteiger partial charge in [-0.05, 0) is 0 Å². The Bertz CT molecular complexity index is 112. The van der Waals surface area contributed by atoms with Gasteiger partial charge in [-0.15, -0.1) is 0 Å². The Kier molecular flexibility index (Phi) is 3.10. The molecule has 0 saturated carbocycles. The van der Waals surface area contributed by atoms with Gasteiger partial charge in [0, 0.05) is 0 Å². The van der Waals surface area contributed by atoms with Gasteiger partial charge in [0.25, 0.3) is 0 Å². The fraction of sp³-hybridized carbons (Fsp3) is 0.500. The summed E-state index contributed by atoms with van der Waals surface area (Å²) >= 11 is 0. The molecular formula is C2H4NO2P. The van der Waals surface area contributed by atoms with E-state index in [9.17, 15) is 4.57 Å². The Labute approximate surface area is 36.3 Å². The van der Waals surface area contributed by atoms with E-state index in [0.29, 0.717) is 0 Å². The first-order valence-corrected chi connectivity index (χ1v) is 2.10. The maximum atomic E-state index is 9.36. The molecule has 4 heteroatoms. The van der Waals surface area contributed by atoms with Crippen LogP contribution in [0.25, 0.3) is 0 Å². The summed E-state index contributed by atoms with van der Waals surface area (Å²) in [5.74, 6) is 0. The summed E-state index contributed by atoms with van der Waals surface area (Å²) in [6, 6.07) is 0. The molecule has 1 atom stereocenters. The van der Waals surface area contributed by atoms with Gasteiger partial charge in [0.1, 0.15) is 0 Å². The number of nitrogens with two attached hydrogens (primary N) is 1. The standard InChI is InChI=1S/C2H4NO2P/c3-2(4)1-6-5/h2,4H,3H2. The van der Waals surface area contributed by atoms with Crippen molar-refractivity contribution in [3.8, 4) is 5.63 Å². The van der Waals surface area contributed by atoms with Gasteiger partial charge >= 0.3 is 35.2 Å². The molecular weight excluding hydrogens is 101 g/mol. The van der Waals surface area contributed by atoms with E-state index in [0.717, 1.165) is 0 Å². The number of rotatable bonds is 0. The number of hydrogen-bond acceptors (Lipinski definition) is 3. The first-order valence-electron chi connectivity index (χ1n) is 1.29. The van der Waals surface area contributed by atoms with Crippen molar-refractivity contribution in [2.24, 2.45) is 5.73 Å². The van der Waals surface area contributed by atoms with E-state index in [-0.39, 0.29) is 7.92 Å². The van der Waals surface area contributed by atoms with E-state index in [1.165, 1.54) is 0 Å². The molecule has 0 saturated heterocycles. The fourth-order valence-corrected chi connectivity index (χ4v) is 0.162.